The summed E-state index contributed by atoms with van der Waals surface area (Å²) in [7, 11) is 1.08. The number of methoxy groups -OCH3 is 1. The van der Waals surface area contributed by atoms with Gasteiger partial charge in [0.05, 0.1) is 44.5 Å². The van der Waals surface area contributed by atoms with Crippen molar-refractivity contribution >= 4 is 47.9 Å². The van der Waals surface area contributed by atoms with Gasteiger partial charge >= 0.3 is 24.1 Å². The number of aliphatic hydroxyl groups is 4. The van der Waals surface area contributed by atoms with E-state index in [2.05, 4.69) is 31.3 Å². The molecule has 2 aliphatic heterocycles. The normalized spacial score (nSPS) is 21.5. The highest BCUT2D eigenvalue weighted by Gasteiger charge is 2.48. The number of nitrogens with two attached hydrogens (primary N) is 4. The molecule has 0 saturated carbocycles. The van der Waals surface area contributed by atoms with Gasteiger partial charge in [0.15, 0.2) is 36.3 Å². The van der Waals surface area contributed by atoms with Gasteiger partial charge in [0.2, 0.25) is 23.3 Å². The largest absolute Gasteiger partial charge is 0.477 e. The van der Waals surface area contributed by atoms with E-state index in [1.54, 1.807) is 48.5 Å². The number of alkyl carbamates (subject to hydrolysis) is 2. The molecule has 2 aromatic rings. The number of hydrogen-bond acceptors (Lipinski definition) is 17. The first-order valence-electron chi connectivity index (χ1n) is 20.2. The predicted molar refractivity (Wildman–Crippen MR) is 232 cm³/mol. The maximum atomic E-state index is 13.1. The van der Waals surface area contributed by atoms with Gasteiger partial charge in [-0.3, -0.25) is 9.59 Å². The summed E-state index contributed by atoms with van der Waals surface area (Å²) < 4.78 is 27.0. The van der Waals surface area contributed by atoms with E-state index in [1.165, 1.54) is 13.0 Å². The maximum absolute atomic E-state index is 13.1. The van der Waals surface area contributed by atoms with Crippen LogP contribution in [0.25, 0.3) is 11.1 Å². The number of guanidine groups is 2. The Morgan fingerprint density at radius 1 is 0.657 bits per heavy atom. The topological polar surface area (TPSA) is 427 Å². The van der Waals surface area contributed by atoms with Crippen molar-refractivity contribution in [3.8, 4) is 11.1 Å². The van der Waals surface area contributed by atoms with Crippen molar-refractivity contribution in [2.24, 2.45) is 32.9 Å². The van der Waals surface area contributed by atoms with Crippen molar-refractivity contribution in [3.63, 3.8) is 0 Å². The van der Waals surface area contributed by atoms with Crippen LogP contribution in [-0.4, -0.2) is 155 Å². The first-order chi connectivity index (χ1) is 31.7. The fraction of sp³-hybridized carbons (Fsp3) is 0.415. The number of amides is 4. The minimum Gasteiger partial charge on any atom is -0.477 e. The molecular weight excluding hydrogens is 889 g/mol. The minimum atomic E-state index is -1.81. The summed E-state index contributed by atoms with van der Waals surface area (Å²) in [5.41, 5.74) is 24.9. The molecule has 0 fully saturated rings. The van der Waals surface area contributed by atoms with Crippen molar-refractivity contribution in [2.75, 3.05) is 20.3 Å². The Kier molecular flexibility index (Phi) is 18.6. The van der Waals surface area contributed by atoms with Crippen LogP contribution in [0.5, 0.6) is 0 Å². The van der Waals surface area contributed by atoms with Crippen molar-refractivity contribution in [2.45, 2.75) is 87.7 Å². The summed E-state index contributed by atoms with van der Waals surface area (Å²) in [5, 5.41) is 60.9. The van der Waals surface area contributed by atoms with Gasteiger partial charge in [-0.2, -0.15) is 0 Å². The number of nitrogens with one attached hydrogen (secondary N) is 4. The van der Waals surface area contributed by atoms with Crippen molar-refractivity contribution in [1.82, 2.24) is 21.3 Å². The first kappa shape index (κ1) is 51.9. The van der Waals surface area contributed by atoms with E-state index in [9.17, 15) is 54.3 Å². The molecule has 0 spiro atoms. The van der Waals surface area contributed by atoms with Crippen LogP contribution in [0.15, 0.2) is 82.2 Å². The summed E-state index contributed by atoms with van der Waals surface area (Å²) in [6.45, 7) is 0.297. The van der Waals surface area contributed by atoms with Gasteiger partial charge < -0.3 is 93.4 Å². The number of hydrogen-bond donors (Lipinski definition) is 13. The Morgan fingerprint density at radius 3 is 1.36 bits per heavy atom. The van der Waals surface area contributed by atoms with E-state index in [1.807, 2.05) is 0 Å². The highest BCUT2D eigenvalue weighted by molar-refractivity contribution is 5.87. The van der Waals surface area contributed by atoms with Crippen molar-refractivity contribution < 1.29 is 78.0 Å². The van der Waals surface area contributed by atoms with E-state index >= 15 is 0 Å². The van der Waals surface area contributed by atoms with E-state index < -0.39 is 133 Å². The number of carboxylic acid groups (broad SMARTS) is 1. The molecule has 0 aromatic heterocycles. The average molecular weight is 943 g/mol. The van der Waals surface area contributed by atoms with Gasteiger partial charge in [0.1, 0.15) is 12.2 Å². The molecule has 10 atom stereocenters. The van der Waals surface area contributed by atoms with Crippen LogP contribution in [0.4, 0.5) is 9.59 Å². The Hall–Kier alpha value is -7.68. The molecule has 17 N–H and O–H groups in total. The van der Waals surface area contributed by atoms with E-state index in [-0.39, 0.29) is 13.1 Å². The van der Waals surface area contributed by atoms with Crippen LogP contribution in [0.1, 0.15) is 25.0 Å². The number of aliphatic imine (C=N–C) groups is 2. The molecule has 4 rings (SSSR count). The van der Waals surface area contributed by atoms with Gasteiger partial charge in [-0.05, 0) is 34.4 Å². The molecule has 26 nitrogen and oxygen atoms in total. The number of rotatable bonds is 19. The van der Waals surface area contributed by atoms with Crippen LogP contribution in [0.3, 0.4) is 0 Å². The highest BCUT2D eigenvalue weighted by atomic mass is 16.6. The number of ether oxygens (including phenoxy) is 5. The summed E-state index contributed by atoms with van der Waals surface area (Å²) in [6, 6.07) is 9.04. The Morgan fingerprint density at radius 2 is 1.03 bits per heavy atom. The third-order valence-electron chi connectivity index (χ3n) is 9.93. The van der Waals surface area contributed by atoms with Gasteiger partial charge in [-0.25, -0.2) is 29.2 Å². The Bertz CT molecular complexity index is 2210. The van der Waals surface area contributed by atoms with Crippen molar-refractivity contribution in [1.29, 1.82) is 0 Å². The lowest BCUT2D eigenvalue weighted by Crippen LogP contribution is -2.61. The Balaban J connectivity index is 1.40. The number of carbonyl (C=O) groups is 6. The lowest BCUT2D eigenvalue weighted by molar-refractivity contribution is -0.149. The molecule has 2 aliphatic rings. The number of esters is 1. The van der Waals surface area contributed by atoms with Crippen LogP contribution in [0, 0.1) is 0 Å². The van der Waals surface area contributed by atoms with Gasteiger partial charge in [-0.15, -0.1) is 0 Å². The van der Waals surface area contributed by atoms with E-state index in [4.69, 9.17) is 46.6 Å². The molecule has 67 heavy (non-hydrogen) atoms. The van der Waals surface area contributed by atoms with Gasteiger partial charge in [0, 0.05) is 26.9 Å². The number of aliphatic hydroxyl groups excluding tert-OH is 4. The van der Waals surface area contributed by atoms with Crippen LogP contribution in [-0.2, 0) is 56.0 Å². The highest BCUT2D eigenvalue weighted by Crippen LogP contribution is 2.29. The fourth-order valence-electron chi connectivity index (χ4n) is 6.94. The molecule has 2 aromatic carbocycles. The molecule has 4 unspecified atom stereocenters. The molecular formula is C41H54N10O16. The van der Waals surface area contributed by atoms with Crippen molar-refractivity contribution in [3.05, 3.63) is 83.3 Å². The van der Waals surface area contributed by atoms with Gasteiger partial charge in [-0.1, -0.05) is 48.5 Å². The lowest BCUT2D eigenvalue weighted by Gasteiger charge is -2.40. The molecule has 0 radical (unpaired) electrons. The third-order valence-corrected chi connectivity index (χ3v) is 9.93. The summed E-state index contributed by atoms with van der Waals surface area (Å²) >= 11 is 0. The zero-order chi connectivity index (χ0) is 49.5. The minimum absolute atomic E-state index is 0.0718. The van der Waals surface area contributed by atoms with Crippen LogP contribution in [0.2, 0.25) is 0 Å². The fourth-order valence-corrected chi connectivity index (χ4v) is 6.94. The first-order valence-corrected chi connectivity index (χ1v) is 20.2. The molecule has 364 valence electrons. The summed E-state index contributed by atoms with van der Waals surface area (Å²) in [5.74, 6) is -5.68. The molecule has 0 bridgehead atoms. The summed E-state index contributed by atoms with van der Waals surface area (Å²) in [6.07, 6.45) is -10.1. The smallest absolute Gasteiger partial charge is 0.407 e. The number of carboxylic acids is 1. The second-order valence-electron chi connectivity index (χ2n) is 14.9. The zero-order valence-electron chi connectivity index (χ0n) is 36.3. The molecule has 26 heteroatoms. The lowest BCUT2D eigenvalue weighted by atomic mass is 9.92. The molecule has 0 saturated heterocycles. The second kappa shape index (κ2) is 24.0. The standard InChI is InChI=1S/C41H54N10O16/c1-18(54)48-30-24(50-38(42)43)12-28(36(58)59)64-34(30)32(26(56)16-52)66-40(61)46-14-20-4-8-22(9-5-20)23-10-6-21(7-11-23)15-47-41(62)67-33(27(57)17-53)35-31(49-19(2)55)25(51-39(44)45)13-29(65-35)37(60)63-3/h4-13,24-27,30-35,52-53,56-57H,14-17H2,1-3H3,(H,46,61)(H,47,62)(H,48,54)(H,49,55)(H,58,59)(H4,42,43,50)(H4,44,45,51)/t24-,25-,26?,27?,30?,31?,32+,33+,34+,35+/m0/s1. The maximum Gasteiger partial charge on any atom is 0.407 e. The quantitative estimate of drug-likeness (QED) is 0.0280. The number of benzene rings is 2. The van der Waals surface area contributed by atoms with Crippen LogP contribution < -0.4 is 44.2 Å². The Labute approximate surface area is 382 Å². The SMILES string of the molecule is COC(=O)C1=C[C@H](N=C(N)N)C(NC(C)=O)[C@H]([C@H](OC(=O)NCc2ccc(-c3ccc(CNC(=O)O[C@H](C(O)CO)[C@@H]4OC(C(=O)O)=C[C@H](N=C(N)N)C4NC(C)=O)cc3)cc2)C(O)CO)O1. The predicted octanol–water partition coefficient (Wildman–Crippen LogP) is -3.63. The molecule has 0 aliphatic carbocycles. The van der Waals surface area contributed by atoms with Gasteiger partial charge in [0.25, 0.3) is 0 Å². The average Bonchev–Trinajstić information content (AvgIpc) is 3.28. The van der Waals surface area contributed by atoms with E-state index in [0.717, 1.165) is 31.2 Å². The second-order valence-corrected chi connectivity index (χ2v) is 14.9. The molecule has 2 heterocycles. The van der Waals surface area contributed by atoms with Crippen LogP contribution >= 0.6 is 0 Å². The number of aliphatic carboxylic acids is 1. The third kappa shape index (κ3) is 14.7. The molecule has 4 amide bonds. The van der Waals surface area contributed by atoms with E-state index in [0.29, 0.717) is 11.1 Å². The monoisotopic (exact) mass is 942 g/mol. The number of nitrogens with zero attached hydrogens (tertiary/aromatic N) is 2. The summed E-state index contributed by atoms with van der Waals surface area (Å²) in [4.78, 5) is 82.7. The zero-order valence-corrected chi connectivity index (χ0v) is 36.3. The number of carbonyl (C=O) groups excluding carboxylic acids is 5.